The molecule has 0 unspecified atom stereocenters. The van der Waals surface area contributed by atoms with E-state index in [4.69, 9.17) is 0 Å². The number of nitrogens with zero attached hydrogens (tertiary/aromatic N) is 1. The predicted molar refractivity (Wildman–Crippen MR) is 78.5 cm³/mol. The summed E-state index contributed by atoms with van der Waals surface area (Å²) in [4.78, 5) is 14.3. The average Bonchev–Trinajstić information content (AvgIpc) is 2.63. The lowest BCUT2D eigenvalue weighted by Gasteiger charge is -2.19. The van der Waals surface area contributed by atoms with Gasteiger partial charge in [-0.1, -0.05) is 12.1 Å². The number of carbonyl (C=O) groups excluding carboxylic acids is 1. The van der Waals surface area contributed by atoms with E-state index in [2.05, 4.69) is 28.5 Å². The number of nitrogens with one attached hydrogen (secondary N) is 2. The molecular weight excluding hydrogens is 238 g/mol. The minimum atomic E-state index is 0.0793. The lowest BCUT2D eigenvalue weighted by atomic mass is 10.1. The fourth-order valence-corrected chi connectivity index (χ4v) is 2.34. The zero-order chi connectivity index (χ0) is 13.7. The molecule has 1 aliphatic heterocycles. The first-order valence-corrected chi connectivity index (χ1v) is 6.96. The van der Waals surface area contributed by atoms with Gasteiger partial charge in [0.2, 0.25) is 5.91 Å². The Morgan fingerprint density at radius 3 is 3.00 bits per heavy atom. The van der Waals surface area contributed by atoms with E-state index in [9.17, 15) is 4.79 Å². The Labute approximate surface area is 115 Å². The second-order valence-electron chi connectivity index (χ2n) is 5.18. The molecule has 0 bridgehead atoms. The molecule has 1 heterocycles. The fourth-order valence-electron chi connectivity index (χ4n) is 2.34. The number of rotatable bonds is 3. The highest BCUT2D eigenvalue weighted by atomic mass is 16.2. The molecule has 1 saturated heterocycles. The first kappa shape index (κ1) is 14.0. The molecule has 1 fully saturated rings. The zero-order valence-electron chi connectivity index (χ0n) is 11.8. The number of hydrogen-bond donors (Lipinski definition) is 2. The standard InChI is InChI=1S/C15H23N3O/c1-12-5-3-6-14(13(12)2)17-15(19)11-18-9-4-7-16-8-10-18/h3,5-6,16H,4,7-11H2,1-2H3,(H,17,19). The van der Waals surface area contributed by atoms with E-state index in [0.717, 1.165) is 43.9 Å². The highest BCUT2D eigenvalue weighted by molar-refractivity contribution is 5.93. The molecule has 2 N–H and O–H groups in total. The summed E-state index contributed by atoms with van der Waals surface area (Å²) < 4.78 is 0. The molecule has 0 aliphatic carbocycles. The van der Waals surface area contributed by atoms with Crippen LogP contribution in [0.15, 0.2) is 18.2 Å². The van der Waals surface area contributed by atoms with Crippen molar-refractivity contribution in [2.75, 3.05) is 38.0 Å². The lowest BCUT2D eigenvalue weighted by Crippen LogP contribution is -2.35. The van der Waals surface area contributed by atoms with Gasteiger partial charge in [0.15, 0.2) is 0 Å². The molecule has 0 saturated carbocycles. The lowest BCUT2D eigenvalue weighted by molar-refractivity contribution is -0.117. The third-order valence-electron chi connectivity index (χ3n) is 3.68. The van der Waals surface area contributed by atoms with Gasteiger partial charge in [-0.25, -0.2) is 0 Å². The van der Waals surface area contributed by atoms with Crippen molar-refractivity contribution in [3.05, 3.63) is 29.3 Å². The number of hydrogen-bond acceptors (Lipinski definition) is 3. The highest BCUT2D eigenvalue weighted by Crippen LogP contribution is 2.17. The summed E-state index contributed by atoms with van der Waals surface area (Å²) in [6.07, 6.45) is 1.11. The maximum absolute atomic E-state index is 12.1. The minimum absolute atomic E-state index is 0.0793. The molecule has 0 atom stereocenters. The smallest absolute Gasteiger partial charge is 0.238 e. The van der Waals surface area contributed by atoms with E-state index in [1.807, 2.05) is 19.1 Å². The number of aryl methyl sites for hydroxylation is 1. The van der Waals surface area contributed by atoms with E-state index in [1.54, 1.807) is 0 Å². The van der Waals surface area contributed by atoms with Gasteiger partial charge in [-0.15, -0.1) is 0 Å². The topological polar surface area (TPSA) is 44.4 Å². The summed E-state index contributed by atoms with van der Waals surface area (Å²) in [6, 6.07) is 6.00. The van der Waals surface area contributed by atoms with Crippen LogP contribution in [0, 0.1) is 13.8 Å². The quantitative estimate of drug-likeness (QED) is 0.867. The van der Waals surface area contributed by atoms with Gasteiger partial charge in [0, 0.05) is 18.8 Å². The van der Waals surface area contributed by atoms with E-state index in [-0.39, 0.29) is 5.91 Å². The summed E-state index contributed by atoms with van der Waals surface area (Å²) in [5.74, 6) is 0.0793. The summed E-state index contributed by atoms with van der Waals surface area (Å²) in [7, 11) is 0. The van der Waals surface area contributed by atoms with Crippen LogP contribution in [0.2, 0.25) is 0 Å². The van der Waals surface area contributed by atoms with Crippen LogP contribution in [0.25, 0.3) is 0 Å². The molecule has 0 aromatic heterocycles. The van der Waals surface area contributed by atoms with Crippen LogP contribution in [-0.2, 0) is 4.79 Å². The zero-order valence-corrected chi connectivity index (χ0v) is 11.8. The Morgan fingerprint density at radius 1 is 1.32 bits per heavy atom. The van der Waals surface area contributed by atoms with Gasteiger partial charge in [-0.05, 0) is 50.6 Å². The maximum atomic E-state index is 12.1. The van der Waals surface area contributed by atoms with Crippen LogP contribution in [-0.4, -0.2) is 43.5 Å². The Morgan fingerprint density at radius 2 is 2.16 bits per heavy atom. The average molecular weight is 261 g/mol. The van der Waals surface area contributed by atoms with E-state index < -0.39 is 0 Å². The monoisotopic (exact) mass is 261 g/mol. The van der Waals surface area contributed by atoms with Gasteiger partial charge >= 0.3 is 0 Å². The van der Waals surface area contributed by atoms with Gasteiger partial charge in [0.25, 0.3) is 0 Å². The van der Waals surface area contributed by atoms with Crippen molar-refractivity contribution in [2.45, 2.75) is 20.3 Å². The van der Waals surface area contributed by atoms with Gasteiger partial charge in [0.1, 0.15) is 0 Å². The number of benzene rings is 1. The van der Waals surface area contributed by atoms with Gasteiger partial charge in [0.05, 0.1) is 6.54 Å². The third-order valence-corrected chi connectivity index (χ3v) is 3.68. The van der Waals surface area contributed by atoms with Crippen LogP contribution in [0.5, 0.6) is 0 Å². The molecule has 19 heavy (non-hydrogen) atoms. The number of anilines is 1. The van der Waals surface area contributed by atoms with Crippen LogP contribution in [0.1, 0.15) is 17.5 Å². The van der Waals surface area contributed by atoms with Crippen molar-refractivity contribution in [1.82, 2.24) is 10.2 Å². The van der Waals surface area contributed by atoms with Crippen molar-refractivity contribution in [1.29, 1.82) is 0 Å². The molecule has 104 valence electrons. The van der Waals surface area contributed by atoms with Crippen LogP contribution in [0.4, 0.5) is 5.69 Å². The summed E-state index contributed by atoms with van der Waals surface area (Å²) >= 11 is 0. The van der Waals surface area contributed by atoms with Gasteiger partial charge in [-0.3, -0.25) is 9.69 Å². The fraction of sp³-hybridized carbons (Fsp3) is 0.533. The molecule has 4 heteroatoms. The number of carbonyl (C=O) groups is 1. The van der Waals surface area contributed by atoms with E-state index in [0.29, 0.717) is 6.54 Å². The van der Waals surface area contributed by atoms with Gasteiger partial charge < -0.3 is 10.6 Å². The molecule has 2 rings (SSSR count). The van der Waals surface area contributed by atoms with Crippen LogP contribution >= 0.6 is 0 Å². The molecule has 1 aliphatic rings. The summed E-state index contributed by atoms with van der Waals surface area (Å²) in [5.41, 5.74) is 3.28. The predicted octanol–water partition coefficient (Wildman–Crippen LogP) is 1.54. The first-order chi connectivity index (χ1) is 9.16. The van der Waals surface area contributed by atoms with Crippen molar-refractivity contribution in [3.8, 4) is 0 Å². The van der Waals surface area contributed by atoms with Crippen molar-refractivity contribution >= 4 is 11.6 Å². The third kappa shape index (κ3) is 4.04. The largest absolute Gasteiger partial charge is 0.325 e. The Balaban J connectivity index is 1.91. The summed E-state index contributed by atoms with van der Waals surface area (Å²) in [6.45, 7) is 8.54. The second kappa shape index (κ2) is 6.68. The Bertz CT molecular complexity index is 437. The molecule has 4 nitrogen and oxygen atoms in total. The second-order valence-corrected chi connectivity index (χ2v) is 5.18. The first-order valence-electron chi connectivity index (χ1n) is 6.96. The molecule has 1 amide bonds. The number of amides is 1. The highest BCUT2D eigenvalue weighted by Gasteiger charge is 2.13. The van der Waals surface area contributed by atoms with Crippen molar-refractivity contribution in [2.24, 2.45) is 0 Å². The molecule has 1 aromatic carbocycles. The molecule has 0 radical (unpaired) electrons. The molecule has 1 aromatic rings. The SMILES string of the molecule is Cc1cccc(NC(=O)CN2CCCNCC2)c1C. The molecular formula is C15H23N3O. The maximum Gasteiger partial charge on any atom is 0.238 e. The Hall–Kier alpha value is -1.39. The van der Waals surface area contributed by atoms with Crippen molar-refractivity contribution in [3.63, 3.8) is 0 Å². The van der Waals surface area contributed by atoms with Crippen LogP contribution in [0.3, 0.4) is 0 Å². The minimum Gasteiger partial charge on any atom is -0.325 e. The summed E-state index contributed by atoms with van der Waals surface area (Å²) in [5, 5.41) is 6.36. The Kier molecular flexibility index (Phi) is 4.93. The van der Waals surface area contributed by atoms with Crippen LogP contribution < -0.4 is 10.6 Å². The van der Waals surface area contributed by atoms with Crippen molar-refractivity contribution < 1.29 is 4.79 Å². The van der Waals surface area contributed by atoms with E-state index >= 15 is 0 Å². The normalized spacial score (nSPS) is 16.9. The molecule has 0 spiro atoms. The van der Waals surface area contributed by atoms with E-state index in [1.165, 1.54) is 5.56 Å². The van der Waals surface area contributed by atoms with Gasteiger partial charge in [-0.2, -0.15) is 0 Å².